The number of nitrogens with one attached hydrogen (secondary N) is 1. The lowest BCUT2D eigenvalue weighted by Gasteiger charge is -2.08. The van der Waals surface area contributed by atoms with Crippen LogP contribution in [0.2, 0.25) is 0 Å². The molecular weight excluding hydrogens is 240 g/mol. The first-order valence-corrected chi connectivity index (χ1v) is 5.61. The number of ether oxygens (including phenoxy) is 1. The summed E-state index contributed by atoms with van der Waals surface area (Å²) in [6.45, 7) is 3.98. The van der Waals surface area contributed by atoms with Gasteiger partial charge >= 0.3 is 5.97 Å². The Balaban J connectivity index is 2.83. The summed E-state index contributed by atoms with van der Waals surface area (Å²) in [4.78, 5) is 11.5. The van der Waals surface area contributed by atoms with E-state index in [0.717, 1.165) is 5.69 Å². The Hall–Kier alpha value is -1.63. The molecule has 0 saturated carbocycles. The lowest BCUT2D eigenvalue weighted by molar-refractivity contribution is -0.140. The van der Waals surface area contributed by atoms with E-state index in [-0.39, 0.29) is 17.5 Å². The number of hydrogen-bond donors (Lipinski definition) is 2. The summed E-state index contributed by atoms with van der Waals surface area (Å²) in [5, 5.41) is 7.12. The number of carbonyl (C=O) groups is 1. The Morgan fingerprint density at radius 1 is 1.65 bits per heavy atom. The van der Waals surface area contributed by atoms with Gasteiger partial charge in [-0.25, -0.2) is 0 Å². The number of aryl methyl sites for hydroxylation is 2. The van der Waals surface area contributed by atoms with Gasteiger partial charge in [-0.05, 0) is 13.8 Å². The van der Waals surface area contributed by atoms with Crippen molar-refractivity contribution in [2.45, 2.75) is 13.8 Å². The zero-order chi connectivity index (χ0) is 13.0. The molecule has 7 heteroatoms. The molecule has 0 aliphatic rings. The topological polar surface area (TPSA) is 82.2 Å². The molecule has 0 fully saturated rings. The molecule has 0 bridgehead atoms. The molecule has 0 aliphatic heterocycles. The largest absolute Gasteiger partial charge is 0.465 e. The predicted molar refractivity (Wildman–Crippen MR) is 69.0 cm³/mol. The molecule has 6 nitrogen and oxygen atoms in total. The molecule has 1 aromatic rings. The summed E-state index contributed by atoms with van der Waals surface area (Å²) in [6, 6.07) is 0. The predicted octanol–water partition coefficient (Wildman–Crippen LogP) is 0.338. The van der Waals surface area contributed by atoms with Gasteiger partial charge in [0.2, 0.25) is 0 Å². The summed E-state index contributed by atoms with van der Waals surface area (Å²) in [7, 11) is 1.75. The van der Waals surface area contributed by atoms with E-state index in [4.69, 9.17) is 22.7 Å². The molecule has 0 radical (unpaired) electrons. The third kappa shape index (κ3) is 3.16. The highest BCUT2D eigenvalue weighted by atomic mass is 32.1. The number of anilines is 1. The van der Waals surface area contributed by atoms with Crippen LogP contribution in [0.15, 0.2) is 0 Å². The number of esters is 1. The van der Waals surface area contributed by atoms with Gasteiger partial charge in [-0.3, -0.25) is 9.48 Å². The van der Waals surface area contributed by atoms with Gasteiger partial charge in [0.25, 0.3) is 0 Å². The van der Waals surface area contributed by atoms with E-state index >= 15 is 0 Å². The third-order valence-corrected chi connectivity index (χ3v) is 2.38. The van der Waals surface area contributed by atoms with Crippen LogP contribution in [0, 0.1) is 6.92 Å². The van der Waals surface area contributed by atoms with Crippen molar-refractivity contribution in [3.63, 3.8) is 0 Å². The Kier molecular flexibility index (Phi) is 4.45. The number of nitrogens with zero attached hydrogens (tertiary/aromatic N) is 2. The average Bonchev–Trinajstić information content (AvgIpc) is 2.50. The van der Waals surface area contributed by atoms with Gasteiger partial charge in [0, 0.05) is 7.05 Å². The quantitative estimate of drug-likeness (QED) is 0.584. The van der Waals surface area contributed by atoms with Crippen molar-refractivity contribution in [2.75, 3.05) is 18.5 Å². The van der Waals surface area contributed by atoms with E-state index in [9.17, 15) is 4.79 Å². The van der Waals surface area contributed by atoms with E-state index in [0.29, 0.717) is 18.0 Å². The lowest BCUT2D eigenvalue weighted by Crippen LogP contribution is -2.20. The number of thiocarbonyl (C=S) groups is 1. The fourth-order valence-electron chi connectivity index (χ4n) is 1.52. The molecule has 0 amide bonds. The number of nitrogens with two attached hydrogens (primary N) is 1. The first-order valence-electron chi connectivity index (χ1n) is 5.20. The van der Waals surface area contributed by atoms with Crippen LogP contribution in [0.25, 0.3) is 0 Å². The maximum absolute atomic E-state index is 11.2. The summed E-state index contributed by atoms with van der Waals surface area (Å²) in [5.41, 5.74) is 7.00. The van der Waals surface area contributed by atoms with Gasteiger partial charge < -0.3 is 15.8 Å². The van der Waals surface area contributed by atoms with Gasteiger partial charge in [-0.1, -0.05) is 12.2 Å². The molecule has 0 aliphatic carbocycles. The second-order valence-corrected chi connectivity index (χ2v) is 3.90. The van der Waals surface area contributed by atoms with Crippen LogP contribution in [0.5, 0.6) is 0 Å². The van der Waals surface area contributed by atoms with Crippen LogP contribution >= 0.6 is 12.2 Å². The first kappa shape index (κ1) is 13.4. The molecule has 0 saturated heterocycles. The number of hydrogen-bond acceptors (Lipinski definition) is 5. The van der Waals surface area contributed by atoms with Gasteiger partial charge in [0.1, 0.15) is 17.4 Å². The Morgan fingerprint density at radius 2 is 2.29 bits per heavy atom. The number of rotatable bonds is 5. The Bertz CT molecular complexity index is 442. The molecule has 17 heavy (non-hydrogen) atoms. The highest BCUT2D eigenvalue weighted by Gasteiger charge is 2.16. The molecule has 0 aromatic carbocycles. The zero-order valence-electron chi connectivity index (χ0n) is 10.1. The monoisotopic (exact) mass is 256 g/mol. The second-order valence-electron chi connectivity index (χ2n) is 3.46. The Morgan fingerprint density at radius 3 is 2.82 bits per heavy atom. The minimum Gasteiger partial charge on any atom is -0.465 e. The molecule has 94 valence electrons. The fraction of sp³-hybridized carbons (Fsp3) is 0.500. The third-order valence-electron chi connectivity index (χ3n) is 2.17. The standard InChI is InChI=1S/C10H16N4O2S/c1-4-16-7(15)5-12-10-8(9(11)17)6(2)13-14(10)3/h12H,4-5H2,1-3H3,(H2,11,17). The summed E-state index contributed by atoms with van der Waals surface area (Å²) >= 11 is 4.95. The second kappa shape index (κ2) is 5.62. The van der Waals surface area contributed by atoms with Crippen LogP contribution in [-0.2, 0) is 16.6 Å². The zero-order valence-corrected chi connectivity index (χ0v) is 10.9. The Labute approximate surface area is 105 Å². The van der Waals surface area contributed by atoms with Crippen molar-refractivity contribution in [3.05, 3.63) is 11.3 Å². The first-order chi connectivity index (χ1) is 7.97. The maximum Gasteiger partial charge on any atom is 0.325 e. The average molecular weight is 256 g/mol. The number of carbonyl (C=O) groups excluding carboxylic acids is 1. The molecular formula is C10H16N4O2S. The van der Waals surface area contributed by atoms with E-state index in [1.807, 2.05) is 6.92 Å². The molecule has 1 heterocycles. The molecule has 0 atom stereocenters. The SMILES string of the molecule is CCOC(=O)CNc1c(C(N)=S)c(C)nn1C. The normalized spacial score (nSPS) is 10.1. The van der Waals surface area contributed by atoms with Crippen molar-refractivity contribution in [1.82, 2.24) is 9.78 Å². The van der Waals surface area contributed by atoms with Gasteiger partial charge in [0.05, 0.1) is 17.9 Å². The van der Waals surface area contributed by atoms with Gasteiger partial charge in [-0.15, -0.1) is 0 Å². The van der Waals surface area contributed by atoms with Crippen molar-refractivity contribution in [2.24, 2.45) is 12.8 Å². The summed E-state index contributed by atoms with van der Waals surface area (Å²) in [5.74, 6) is 0.295. The van der Waals surface area contributed by atoms with Gasteiger partial charge in [0.15, 0.2) is 0 Å². The van der Waals surface area contributed by atoms with Crippen molar-refractivity contribution < 1.29 is 9.53 Å². The van der Waals surface area contributed by atoms with Crippen molar-refractivity contribution in [3.8, 4) is 0 Å². The van der Waals surface area contributed by atoms with E-state index in [1.165, 1.54) is 0 Å². The van der Waals surface area contributed by atoms with Crippen LogP contribution in [0.3, 0.4) is 0 Å². The van der Waals surface area contributed by atoms with Gasteiger partial charge in [-0.2, -0.15) is 5.10 Å². The van der Waals surface area contributed by atoms with Crippen LogP contribution < -0.4 is 11.1 Å². The highest BCUT2D eigenvalue weighted by molar-refractivity contribution is 7.80. The molecule has 1 rings (SSSR count). The van der Waals surface area contributed by atoms with Crippen molar-refractivity contribution in [1.29, 1.82) is 0 Å². The fourth-order valence-corrected chi connectivity index (χ4v) is 1.77. The van der Waals surface area contributed by atoms with E-state index in [2.05, 4.69) is 10.4 Å². The molecule has 3 N–H and O–H groups in total. The maximum atomic E-state index is 11.2. The molecule has 0 unspecified atom stereocenters. The lowest BCUT2D eigenvalue weighted by atomic mass is 10.2. The molecule has 1 aromatic heterocycles. The minimum absolute atomic E-state index is 0.0580. The highest BCUT2D eigenvalue weighted by Crippen LogP contribution is 2.18. The van der Waals surface area contributed by atoms with Crippen molar-refractivity contribution >= 4 is 29.0 Å². The molecule has 0 spiro atoms. The number of aromatic nitrogens is 2. The van der Waals surface area contributed by atoms with E-state index < -0.39 is 0 Å². The minimum atomic E-state index is -0.333. The van der Waals surface area contributed by atoms with Crippen LogP contribution in [0.4, 0.5) is 5.82 Å². The summed E-state index contributed by atoms with van der Waals surface area (Å²) in [6.07, 6.45) is 0. The smallest absolute Gasteiger partial charge is 0.325 e. The van der Waals surface area contributed by atoms with E-state index in [1.54, 1.807) is 18.7 Å². The van der Waals surface area contributed by atoms with Crippen LogP contribution in [-0.4, -0.2) is 33.9 Å². The summed E-state index contributed by atoms with van der Waals surface area (Å²) < 4.78 is 6.42. The van der Waals surface area contributed by atoms with Crippen LogP contribution in [0.1, 0.15) is 18.2 Å².